The average Bonchev–Trinajstić information content (AvgIpc) is 3.93. The largest absolute Gasteiger partial charge is 0.497 e. The monoisotopic (exact) mass is 776 g/mol. The number of rotatable bonds is 6. The number of hydroxylamine groups is 1. The Labute approximate surface area is 337 Å². The van der Waals surface area contributed by atoms with Crippen LogP contribution in [-0.4, -0.2) is 55.8 Å². The first kappa shape index (κ1) is 41.8. The first-order valence-electron chi connectivity index (χ1n) is 18.2. The first-order valence-corrected chi connectivity index (χ1v) is 18.2. The lowest BCUT2D eigenvalue weighted by Crippen LogP contribution is -2.18. The van der Waals surface area contributed by atoms with Crippen LogP contribution in [0.15, 0.2) is 156 Å². The Balaban J connectivity index is 0.000000155. The number of hydrogen-bond donors (Lipinski definition) is 3. The lowest BCUT2D eigenvalue weighted by Gasteiger charge is -2.02. The van der Waals surface area contributed by atoms with Gasteiger partial charge in [0.05, 0.1) is 55.3 Å². The van der Waals surface area contributed by atoms with E-state index in [0.717, 1.165) is 63.8 Å². The zero-order chi connectivity index (χ0) is 41.4. The summed E-state index contributed by atoms with van der Waals surface area (Å²) in [6, 6.07) is 45.1. The predicted octanol–water partition coefficient (Wildman–Crippen LogP) is 8.69. The molecular formula is C47H44N4O7. The number of nitrogens with one attached hydrogen (secondary N) is 1. The van der Waals surface area contributed by atoms with Crippen molar-refractivity contribution in [3.8, 4) is 5.75 Å². The van der Waals surface area contributed by atoms with Crippen molar-refractivity contribution in [1.82, 2.24) is 5.48 Å². The Morgan fingerprint density at radius 2 is 0.983 bits per heavy atom. The summed E-state index contributed by atoms with van der Waals surface area (Å²) in [5.41, 5.74) is 19.2. The maximum atomic E-state index is 11.4. The summed E-state index contributed by atoms with van der Waals surface area (Å²) in [5, 5.41) is 8.56. The van der Waals surface area contributed by atoms with Gasteiger partial charge >= 0.3 is 11.9 Å². The summed E-state index contributed by atoms with van der Waals surface area (Å²) in [7, 11) is 4.31. The molecule has 2 heterocycles. The summed E-state index contributed by atoms with van der Waals surface area (Å²) in [6.07, 6.45) is 1.65. The molecule has 0 aromatic heterocycles. The third-order valence-electron chi connectivity index (χ3n) is 9.13. The average molecular weight is 777 g/mol. The van der Waals surface area contributed by atoms with Gasteiger partial charge in [-0.15, -0.1) is 0 Å². The predicted molar refractivity (Wildman–Crippen MR) is 226 cm³/mol. The fourth-order valence-corrected chi connectivity index (χ4v) is 5.83. The molecule has 0 fully saturated rings. The smallest absolute Gasteiger partial charge is 0.337 e. The van der Waals surface area contributed by atoms with Gasteiger partial charge in [-0.1, -0.05) is 78.9 Å². The molecule has 1 amide bonds. The molecule has 0 saturated carbocycles. The Morgan fingerprint density at radius 3 is 1.36 bits per heavy atom. The number of aryl methyl sites for hydroxylation is 1. The van der Waals surface area contributed by atoms with Crippen LogP contribution in [0, 0.1) is 6.92 Å². The van der Waals surface area contributed by atoms with Crippen LogP contribution < -0.4 is 16.0 Å². The molecule has 0 atom stereocenters. The second kappa shape index (κ2) is 20.5. The molecule has 0 saturated heterocycles. The zero-order valence-corrected chi connectivity index (χ0v) is 32.6. The number of carbonyl (C=O) groups excluding carboxylic acids is 3. The second-order valence-electron chi connectivity index (χ2n) is 12.9. The van der Waals surface area contributed by atoms with Crippen LogP contribution in [0.1, 0.15) is 58.9 Å². The van der Waals surface area contributed by atoms with Crippen LogP contribution in [0.25, 0.3) is 0 Å². The van der Waals surface area contributed by atoms with E-state index >= 15 is 0 Å². The molecule has 2 aliphatic heterocycles. The Hall–Kier alpha value is -7.37. The van der Waals surface area contributed by atoms with Crippen molar-refractivity contribution in [3.63, 3.8) is 0 Å². The summed E-state index contributed by atoms with van der Waals surface area (Å²) in [6.45, 7) is 2.00. The molecule has 0 spiro atoms. The molecule has 4 N–H and O–H groups in total. The molecule has 6 aromatic rings. The molecule has 11 heteroatoms. The molecule has 11 nitrogen and oxygen atoms in total. The number of amides is 1. The van der Waals surface area contributed by atoms with Crippen LogP contribution in [0.2, 0.25) is 0 Å². The zero-order valence-electron chi connectivity index (χ0n) is 32.6. The van der Waals surface area contributed by atoms with Gasteiger partial charge in [-0.25, -0.2) is 15.1 Å². The molecule has 0 unspecified atom stereocenters. The summed E-state index contributed by atoms with van der Waals surface area (Å²) in [5.74, 6) is -0.438. The topological polar surface area (TPSA) is 162 Å². The van der Waals surface area contributed by atoms with E-state index in [2.05, 4.69) is 31.6 Å². The highest BCUT2D eigenvalue weighted by molar-refractivity contribution is 6.08. The number of aliphatic imine (C=N–C) groups is 2. The van der Waals surface area contributed by atoms with E-state index in [9.17, 15) is 14.4 Å². The van der Waals surface area contributed by atoms with Gasteiger partial charge in [0.25, 0.3) is 5.91 Å². The van der Waals surface area contributed by atoms with Gasteiger partial charge < -0.3 is 19.9 Å². The minimum Gasteiger partial charge on any atom is -0.497 e. The molecular weight excluding hydrogens is 733 g/mol. The van der Waals surface area contributed by atoms with Gasteiger partial charge in [0.2, 0.25) is 0 Å². The SMILES string of the molecule is COC(=O)c1ccc(C2=Nc3ccccc3C2)cc1.COC(=O)c1ccc(OC)cc1.Cc1ccccc1N.O=C(NO)c1ccc(C2=Nc3ccccc3C2)cc1. The van der Waals surface area contributed by atoms with E-state index in [0.29, 0.717) is 16.7 Å². The van der Waals surface area contributed by atoms with E-state index in [4.69, 9.17) is 15.7 Å². The Bertz CT molecular complexity index is 2270. The number of ether oxygens (including phenoxy) is 3. The van der Waals surface area contributed by atoms with Crippen molar-refractivity contribution in [1.29, 1.82) is 0 Å². The van der Waals surface area contributed by atoms with Crippen LogP contribution in [0.5, 0.6) is 5.75 Å². The summed E-state index contributed by atoms with van der Waals surface area (Å²) < 4.78 is 14.1. The van der Waals surface area contributed by atoms with Crippen LogP contribution in [0.4, 0.5) is 17.1 Å². The van der Waals surface area contributed by atoms with Crippen molar-refractivity contribution < 1.29 is 33.8 Å². The number of nitrogen functional groups attached to an aromatic ring is 1. The maximum Gasteiger partial charge on any atom is 0.337 e. The van der Waals surface area contributed by atoms with E-state index in [1.807, 2.05) is 91.9 Å². The number of fused-ring (bicyclic) bond motifs is 2. The number of anilines is 1. The van der Waals surface area contributed by atoms with Crippen LogP contribution >= 0.6 is 0 Å². The van der Waals surface area contributed by atoms with Crippen molar-refractivity contribution >= 4 is 46.3 Å². The normalized spacial score (nSPS) is 11.5. The van der Waals surface area contributed by atoms with Gasteiger partial charge in [0.1, 0.15) is 5.75 Å². The number of benzene rings is 6. The Morgan fingerprint density at radius 1 is 0.569 bits per heavy atom. The standard InChI is InChI=1S/C16H13NO2.C15H12N2O2.C9H10O3.C7H9N/c1-19-16(18)12-8-6-11(7-9-12)15-10-13-4-2-3-5-14(13)17-15;18-15(17-19)11-7-5-10(6-8-11)14-9-12-3-1-2-4-13(12)16-14;1-11-8-5-3-7(4-6-8)9(10)12-2;1-6-4-2-3-5-7(6)8/h2-9H,10H2,1H3;1-8,19H,9H2,(H,17,18);3-6H,1-2H3;2-5H,8H2,1H3. The van der Waals surface area contributed by atoms with Crippen molar-refractivity contribution in [2.45, 2.75) is 19.8 Å². The fourth-order valence-electron chi connectivity index (χ4n) is 5.83. The lowest BCUT2D eigenvalue weighted by molar-refractivity contribution is 0.0592. The molecule has 2 aliphatic rings. The van der Waals surface area contributed by atoms with Crippen molar-refractivity contribution in [2.24, 2.45) is 9.98 Å². The number of para-hydroxylation sites is 3. The molecule has 0 aliphatic carbocycles. The van der Waals surface area contributed by atoms with Crippen molar-refractivity contribution in [2.75, 3.05) is 27.1 Å². The number of hydrogen-bond acceptors (Lipinski definition) is 10. The van der Waals surface area contributed by atoms with E-state index in [1.54, 1.807) is 61.1 Å². The number of methoxy groups -OCH3 is 3. The highest BCUT2D eigenvalue weighted by Gasteiger charge is 2.17. The van der Waals surface area contributed by atoms with E-state index in [1.165, 1.54) is 25.3 Å². The van der Waals surface area contributed by atoms with Gasteiger partial charge in [-0.2, -0.15) is 0 Å². The third kappa shape index (κ3) is 11.1. The van der Waals surface area contributed by atoms with Gasteiger partial charge in [0, 0.05) is 24.1 Å². The molecule has 0 bridgehead atoms. The highest BCUT2D eigenvalue weighted by atomic mass is 16.5. The minimum atomic E-state index is -0.511. The third-order valence-corrected chi connectivity index (χ3v) is 9.13. The van der Waals surface area contributed by atoms with Crippen LogP contribution in [-0.2, 0) is 22.3 Å². The molecule has 294 valence electrons. The second-order valence-corrected chi connectivity index (χ2v) is 12.9. The van der Waals surface area contributed by atoms with E-state index < -0.39 is 5.91 Å². The number of nitrogens with two attached hydrogens (primary N) is 1. The summed E-state index contributed by atoms with van der Waals surface area (Å²) >= 11 is 0. The summed E-state index contributed by atoms with van der Waals surface area (Å²) in [4.78, 5) is 42.8. The minimum absolute atomic E-state index is 0.316. The molecule has 6 aromatic carbocycles. The Kier molecular flexibility index (Phi) is 14.8. The van der Waals surface area contributed by atoms with Crippen LogP contribution in [0.3, 0.4) is 0 Å². The molecule has 8 rings (SSSR count). The van der Waals surface area contributed by atoms with Gasteiger partial charge in [0.15, 0.2) is 0 Å². The highest BCUT2D eigenvalue weighted by Crippen LogP contribution is 2.29. The quantitative estimate of drug-likeness (QED) is 0.0655. The fraction of sp³-hybridized carbons (Fsp3) is 0.128. The maximum absolute atomic E-state index is 11.4. The molecule has 0 radical (unpaired) electrons. The number of esters is 2. The lowest BCUT2D eigenvalue weighted by atomic mass is 10.0. The van der Waals surface area contributed by atoms with Gasteiger partial charge in [-0.05, 0) is 101 Å². The van der Waals surface area contributed by atoms with Crippen molar-refractivity contribution in [3.05, 3.63) is 190 Å². The number of carbonyl (C=O) groups is 3. The molecule has 58 heavy (non-hydrogen) atoms. The first-order chi connectivity index (χ1) is 28.1. The van der Waals surface area contributed by atoms with E-state index in [-0.39, 0.29) is 11.9 Å². The number of nitrogens with zero attached hydrogens (tertiary/aromatic N) is 2. The van der Waals surface area contributed by atoms with Gasteiger partial charge in [-0.3, -0.25) is 20.0 Å².